The summed E-state index contributed by atoms with van der Waals surface area (Å²) in [6.45, 7) is 4.70. The van der Waals surface area contributed by atoms with Gasteiger partial charge < -0.3 is 14.6 Å². The first-order valence-electron chi connectivity index (χ1n) is 5.76. The molecule has 0 aromatic carbocycles. The number of hydrogen-bond acceptors (Lipinski definition) is 4. The molecule has 0 unspecified atom stereocenters. The van der Waals surface area contributed by atoms with Crippen LogP contribution in [0.1, 0.15) is 25.7 Å². The van der Waals surface area contributed by atoms with E-state index in [1.165, 1.54) is 0 Å². The van der Waals surface area contributed by atoms with Crippen molar-refractivity contribution in [2.45, 2.75) is 37.6 Å². The highest BCUT2D eigenvalue weighted by Gasteiger charge is 2.50. The largest absolute Gasteiger partial charge is 0.392 e. The Bertz CT molecular complexity index is 281. The minimum atomic E-state index is -0.687. The minimum absolute atomic E-state index is 0.0865. The summed E-state index contributed by atoms with van der Waals surface area (Å²) in [5.41, 5.74) is 0. The molecule has 4 heteroatoms. The molecule has 0 bridgehead atoms. The standard InChI is InChI=1S/C12H18O4/c1-2-3-4-10(13)9-7-12(8-11(9)14)15-5-6-16-12/h2,9,11,14H,1,3-8H2/t9-,11-/m1/s1. The average Bonchev–Trinajstić information content (AvgIpc) is 2.83. The third-order valence-electron chi connectivity index (χ3n) is 3.34. The highest BCUT2D eigenvalue weighted by molar-refractivity contribution is 5.82. The van der Waals surface area contributed by atoms with Gasteiger partial charge in [0.1, 0.15) is 5.78 Å². The molecule has 2 atom stereocenters. The second-order valence-corrected chi connectivity index (χ2v) is 4.48. The quantitative estimate of drug-likeness (QED) is 0.728. The number of ketones is 1. The Morgan fingerprint density at radius 1 is 1.44 bits per heavy atom. The maximum Gasteiger partial charge on any atom is 0.171 e. The van der Waals surface area contributed by atoms with E-state index in [1.54, 1.807) is 6.08 Å². The first-order valence-corrected chi connectivity index (χ1v) is 5.76. The van der Waals surface area contributed by atoms with Gasteiger partial charge in [-0.3, -0.25) is 4.79 Å². The van der Waals surface area contributed by atoms with Crippen LogP contribution in [0, 0.1) is 5.92 Å². The summed E-state index contributed by atoms with van der Waals surface area (Å²) < 4.78 is 11.0. The average molecular weight is 226 g/mol. The lowest BCUT2D eigenvalue weighted by Gasteiger charge is -2.20. The lowest BCUT2D eigenvalue weighted by Crippen LogP contribution is -2.27. The van der Waals surface area contributed by atoms with E-state index in [9.17, 15) is 9.90 Å². The zero-order chi connectivity index (χ0) is 11.6. The number of rotatable bonds is 4. The van der Waals surface area contributed by atoms with Crippen molar-refractivity contribution in [3.63, 3.8) is 0 Å². The number of aliphatic hydroxyl groups excluding tert-OH is 1. The summed E-state index contributed by atoms with van der Waals surface area (Å²) >= 11 is 0. The zero-order valence-corrected chi connectivity index (χ0v) is 9.35. The smallest absolute Gasteiger partial charge is 0.171 e. The Labute approximate surface area is 95.2 Å². The molecule has 2 rings (SSSR count). The van der Waals surface area contributed by atoms with Gasteiger partial charge in [-0.15, -0.1) is 6.58 Å². The first kappa shape index (κ1) is 11.8. The number of hydrogen-bond donors (Lipinski definition) is 1. The lowest BCUT2D eigenvalue weighted by atomic mass is 9.96. The van der Waals surface area contributed by atoms with Crippen LogP contribution in [0.25, 0.3) is 0 Å². The molecule has 0 radical (unpaired) electrons. The minimum Gasteiger partial charge on any atom is -0.392 e. The molecule has 1 saturated carbocycles. The van der Waals surface area contributed by atoms with Gasteiger partial charge in [0.25, 0.3) is 0 Å². The molecule has 1 spiro atoms. The number of allylic oxidation sites excluding steroid dienone is 1. The molecule has 2 aliphatic rings. The van der Waals surface area contributed by atoms with E-state index in [2.05, 4.69) is 6.58 Å². The van der Waals surface area contributed by atoms with Crippen molar-refractivity contribution in [3.05, 3.63) is 12.7 Å². The fourth-order valence-corrected chi connectivity index (χ4v) is 2.51. The Morgan fingerprint density at radius 3 is 2.75 bits per heavy atom. The van der Waals surface area contributed by atoms with E-state index in [0.29, 0.717) is 38.9 Å². The van der Waals surface area contributed by atoms with E-state index in [1.807, 2.05) is 0 Å². The van der Waals surface area contributed by atoms with Crippen molar-refractivity contribution in [1.82, 2.24) is 0 Å². The van der Waals surface area contributed by atoms with Crippen LogP contribution >= 0.6 is 0 Å². The molecule has 0 aromatic heterocycles. The Hall–Kier alpha value is -0.710. The summed E-state index contributed by atoms with van der Waals surface area (Å²) in [6, 6.07) is 0. The Balaban J connectivity index is 1.96. The molecular weight excluding hydrogens is 208 g/mol. The van der Waals surface area contributed by atoms with E-state index >= 15 is 0 Å². The van der Waals surface area contributed by atoms with E-state index in [-0.39, 0.29) is 11.7 Å². The van der Waals surface area contributed by atoms with Crippen LogP contribution in [0.3, 0.4) is 0 Å². The van der Waals surface area contributed by atoms with Gasteiger partial charge in [-0.1, -0.05) is 6.08 Å². The molecule has 1 heterocycles. The third kappa shape index (κ3) is 2.19. The molecule has 1 N–H and O–H groups in total. The van der Waals surface area contributed by atoms with Gasteiger partial charge in [0.05, 0.1) is 19.3 Å². The molecule has 16 heavy (non-hydrogen) atoms. The van der Waals surface area contributed by atoms with Crippen molar-refractivity contribution in [2.24, 2.45) is 5.92 Å². The Morgan fingerprint density at radius 2 is 2.12 bits per heavy atom. The highest BCUT2D eigenvalue weighted by atomic mass is 16.7. The monoisotopic (exact) mass is 226 g/mol. The highest BCUT2D eigenvalue weighted by Crippen LogP contribution is 2.41. The maximum absolute atomic E-state index is 11.8. The summed E-state index contributed by atoms with van der Waals surface area (Å²) in [7, 11) is 0. The summed E-state index contributed by atoms with van der Waals surface area (Å²) in [5, 5.41) is 9.88. The third-order valence-corrected chi connectivity index (χ3v) is 3.34. The topological polar surface area (TPSA) is 55.8 Å². The van der Waals surface area contributed by atoms with Crippen LogP contribution < -0.4 is 0 Å². The number of carbonyl (C=O) groups excluding carboxylic acids is 1. The first-order chi connectivity index (χ1) is 7.67. The van der Waals surface area contributed by atoms with Gasteiger partial charge >= 0.3 is 0 Å². The van der Waals surface area contributed by atoms with Gasteiger partial charge in [-0.25, -0.2) is 0 Å². The molecule has 2 fully saturated rings. The van der Waals surface area contributed by atoms with Crippen molar-refractivity contribution >= 4 is 5.78 Å². The summed E-state index contributed by atoms with van der Waals surface area (Å²) in [5.74, 6) is -0.935. The van der Waals surface area contributed by atoms with Gasteiger partial charge in [0.2, 0.25) is 0 Å². The van der Waals surface area contributed by atoms with E-state index in [4.69, 9.17) is 9.47 Å². The van der Waals surface area contributed by atoms with Gasteiger partial charge in [0.15, 0.2) is 5.79 Å². The predicted molar refractivity (Wildman–Crippen MR) is 57.8 cm³/mol. The number of aliphatic hydroxyl groups is 1. The van der Waals surface area contributed by atoms with Crippen molar-refractivity contribution in [1.29, 1.82) is 0 Å². The molecule has 1 aliphatic heterocycles. The SMILES string of the molecule is C=CCCC(=O)[C@H]1CC2(C[C@H]1O)OCCO2. The fourth-order valence-electron chi connectivity index (χ4n) is 2.51. The summed E-state index contributed by atoms with van der Waals surface area (Å²) in [4.78, 5) is 11.8. The second kappa shape index (κ2) is 4.65. The van der Waals surface area contributed by atoms with Gasteiger partial charge in [-0.05, 0) is 6.42 Å². The summed E-state index contributed by atoms with van der Waals surface area (Å²) in [6.07, 6.45) is 3.10. The number of ether oxygens (including phenoxy) is 2. The lowest BCUT2D eigenvalue weighted by molar-refractivity contribution is -0.157. The van der Waals surface area contributed by atoms with E-state index in [0.717, 1.165) is 0 Å². The van der Waals surface area contributed by atoms with Gasteiger partial charge in [0, 0.05) is 25.2 Å². The molecule has 1 saturated heterocycles. The van der Waals surface area contributed by atoms with Crippen molar-refractivity contribution < 1.29 is 19.4 Å². The van der Waals surface area contributed by atoms with Crippen LogP contribution in [-0.2, 0) is 14.3 Å². The maximum atomic E-state index is 11.8. The molecular formula is C12H18O4. The van der Waals surface area contributed by atoms with Crippen LogP contribution in [0.2, 0.25) is 0 Å². The Kier molecular flexibility index (Phi) is 3.42. The van der Waals surface area contributed by atoms with Crippen molar-refractivity contribution in [3.8, 4) is 0 Å². The van der Waals surface area contributed by atoms with Crippen molar-refractivity contribution in [2.75, 3.05) is 13.2 Å². The number of Topliss-reactive ketones (excluding diaryl/α,β-unsaturated/α-hetero) is 1. The molecule has 0 amide bonds. The second-order valence-electron chi connectivity index (χ2n) is 4.48. The molecule has 4 nitrogen and oxygen atoms in total. The molecule has 90 valence electrons. The zero-order valence-electron chi connectivity index (χ0n) is 9.35. The van der Waals surface area contributed by atoms with Crippen LogP contribution in [0.4, 0.5) is 0 Å². The van der Waals surface area contributed by atoms with E-state index < -0.39 is 11.9 Å². The normalized spacial score (nSPS) is 32.1. The fraction of sp³-hybridized carbons (Fsp3) is 0.750. The predicted octanol–water partition coefficient (Wildman–Crippen LogP) is 1.04. The van der Waals surface area contributed by atoms with Crippen LogP contribution in [0.15, 0.2) is 12.7 Å². The molecule has 0 aromatic rings. The molecule has 1 aliphatic carbocycles. The van der Waals surface area contributed by atoms with Crippen LogP contribution in [-0.4, -0.2) is 36.0 Å². The van der Waals surface area contributed by atoms with Gasteiger partial charge in [-0.2, -0.15) is 0 Å². The number of carbonyl (C=O) groups is 1. The van der Waals surface area contributed by atoms with Crippen LogP contribution in [0.5, 0.6) is 0 Å².